The number of hydrogen-bond acceptors (Lipinski definition) is 8. The molecule has 0 atom stereocenters. The van der Waals surface area contributed by atoms with Gasteiger partial charge in [-0.1, -0.05) is 24.3 Å². The molecule has 0 aliphatic rings. The van der Waals surface area contributed by atoms with Crippen LogP contribution in [0.15, 0.2) is 80.6 Å². The van der Waals surface area contributed by atoms with E-state index in [1.165, 1.54) is 24.3 Å². The van der Waals surface area contributed by atoms with Crippen molar-refractivity contribution >= 4 is 47.1 Å². The maximum Gasteiger partial charge on any atom is 0.240 e. The van der Waals surface area contributed by atoms with Gasteiger partial charge in [0, 0.05) is 11.5 Å². The van der Waals surface area contributed by atoms with E-state index in [9.17, 15) is 19.2 Å². The van der Waals surface area contributed by atoms with E-state index in [0.717, 1.165) is 11.1 Å². The summed E-state index contributed by atoms with van der Waals surface area (Å²) in [7, 11) is 0. The van der Waals surface area contributed by atoms with Crippen molar-refractivity contribution in [2.24, 2.45) is 20.0 Å². The normalized spacial score (nSPS) is 10.5. The first-order valence-corrected chi connectivity index (χ1v) is 9.27. The van der Waals surface area contributed by atoms with Gasteiger partial charge in [-0.05, 0) is 60.0 Å². The van der Waals surface area contributed by atoms with Crippen LogP contribution in [0.5, 0.6) is 0 Å². The quantitative estimate of drug-likeness (QED) is 0.301. The number of hydrogen-bond donors (Lipinski definition) is 0. The van der Waals surface area contributed by atoms with Crippen LogP contribution in [0.4, 0.5) is 22.7 Å². The Morgan fingerprint density at radius 1 is 0.562 bits per heavy atom. The molecule has 8 heteroatoms. The highest BCUT2D eigenvalue weighted by atomic mass is 16.1. The molecule has 0 N–H and O–H groups in total. The third-order valence-electron chi connectivity index (χ3n) is 4.84. The Balaban J connectivity index is 2.26. The van der Waals surface area contributed by atoms with Crippen molar-refractivity contribution in [1.29, 1.82) is 0 Å². The first-order chi connectivity index (χ1) is 15.6. The average Bonchev–Trinajstić information content (AvgIpc) is 2.80. The SMILES string of the molecule is Cc1c(N=C=O)cc(C(c2ccc(N=C=O)cc2)c2ccc(N=C=O)cc2)cc1N=C=O. The highest BCUT2D eigenvalue weighted by Crippen LogP contribution is 2.39. The molecule has 154 valence electrons. The Morgan fingerprint density at radius 3 is 1.28 bits per heavy atom. The fourth-order valence-corrected chi connectivity index (χ4v) is 3.37. The van der Waals surface area contributed by atoms with Gasteiger partial charge in [0.25, 0.3) is 0 Å². The number of aliphatic imine (C=N–C) groups is 4. The van der Waals surface area contributed by atoms with E-state index in [1.807, 2.05) is 0 Å². The molecule has 32 heavy (non-hydrogen) atoms. The summed E-state index contributed by atoms with van der Waals surface area (Å²) >= 11 is 0. The van der Waals surface area contributed by atoms with Crippen molar-refractivity contribution in [1.82, 2.24) is 0 Å². The molecule has 0 radical (unpaired) electrons. The van der Waals surface area contributed by atoms with Crippen molar-refractivity contribution in [2.75, 3.05) is 0 Å². The van der Waals surface area contributed by atoms with Crippen LogP contribution in [0.3, 0.4) is 0 Å². The number of nitrogens with zero attached hydrogens (tertiary/aromatic N) is 4. The largest absolute Gasteiger partial charge is 0.240 e. The van der Waals surface area contributed by atoms with Gasteiger partial charge >= 0.3 is 0 Å². The van der Waals surface area contributed by atoms with Crippen LogP contribution >= 0.6 is 0 Å². The minimum absolute atomic E-state index is 0.320. The summed E-state index contributed by atoms with van der Waals surface area (Å²) in [6.07, 6.45) is 6.04. The van der Waals surface area contributed by atoms with E-state index < -0.39 is 0 Å². The maximum atomic E-state index is 10.9. The summed E-state index contributed by atoms with van der Waals surface area (Å²) in [4.78, 5) is 57.6. The van der Waals surface area contributed by atoms with Gasteiger partial charge in [0.1, 0.15) is 0 Å². The Kier molecular flexibility index (Phi) is 7.03. The lowest BCUT2D eigenvalue weighted by Crippen LogP contribution is -2.03. The summed E-state index contributed by atoms with van der Waals surface area (Å²) in [5.41, 5.74) is 4.41. The lowest BCUT2D eigenvalue weighted by atomic mass is 9.84. The van der Waals surface area contributed by atoms with E-state index in [0.29, 0.717) is 33.9 Å². The molecular formula is C24H14N4O4. The highest BCUT2D eigenvalue weighted by Gasteiger charge is 2.20. The zero-order chi connectivity index (χ0) is 22.9. The van der Waals surface area contributed by atoms with Gasteiger partial charge in [0.2, 0.25) is 24.3 Å². The molecule has 0 saturated carbocycles. The van der Waals surface area contributed by atoms with Gasteiger partial charge in [-0.25, -0.2) is 19.2 Å². The van der Waals surface area contributed by atoms with E-state index >= 15 is 0 Å². The van der Waals surface area contributed by atoms with Crippen LogP contribution in [0.25, 0.3) is 0 Å². The molecule has 0 fully saturated rings. The third kappa shape index (κ3) is 4.84. The summed E-state index contributed by atoms with van der Waals surface area (Å²) in [6, 6.07) is 17.3. The summed E-state index contributed by atoms with van der Waals surface area (Å²) in [5, 5.41) is 0. The van der Waals surface area contributed by atoms with Crippen molar-refractivity contribution in [3.63, 3.8) is 0 Å². The monoisotopic (exact) mass is 422 g/mol. The zero-order valence-corrected chi connectivity index (χ0v) is 16.8. The standard InChI is InChI=1S/C24H14N4O4/c1-16-22(27-14-31)10-19(11-23(16)28-15-32)24(17-2-6-20(7-3-17)25-12-29)18-4-8-21(9-5-18)26-13-30/h2-11,24H,1H3. The third-order valence-corrected chi connectivity index (χ3v) is 4.84. The van der Waals surface area contributed by atoms with Gasteiger partial charge in [0.05, 0.1) is 22.7 Å². The summed E-state index contributed by atoms with van der Waals surface area (Å²) in [5.74, 6) is -0.375. The molecule has 0 spiro atoms. The molecule has 0 aliphatic carbocycles. The topological polar surface area (TPSA) is 118 Å². The van der Waals surface area contributed by atoms with Crippen molar-refractivity contribution in [3.05, 3.63) is 82.9 Å². The predicted molar refractivity (Wildman–Crippen MR) is 116 cm³/mol. The fraction of sp³-hybridized carbons (Fsp3) is 0.0833. The van der Waals surface area contributed by atoms with E-state index in [4.69, 9.17) is 0 Å². The smallest absolute Gasteiger partial charge is 0.211 e. The van der Waals surface area contributed by atoms with E-state index in [1.54, 1.807) is 67.6 Å². The van der Waals surface area contributed by atoms with E-state index in [2.05, 4.69) is 20.0 Å². The van der Waals surface area contributed by atoms with Crippen molar-refractivity contribution in [3.8, 4) is 0 Å². The Bertz CT molecular complexity index is 1240. The number of benzene rings is 3. The maximum absolute atomic E-state index is 10.9. The van der Waals surface area contributed by atoms with Crippen LogP contribution in [-0.2, 0) is 19.2 Å². The van der Waals surface area contributed by atoms with E-state index in [-0.39, 0.29) is 5.92 Å². The molecule has 0 unspecified atom stereocenters. The van der Waals surface area contributed by atoms with Crippen LogP contribution < -0.4 is 0 Å². The highest BCUT2D eigenvalue weighted by molar-refractivity contribution is 5.68. The molecule has 0 aliphatic heterocycles. The lowest BCUT2D eigenvalue weighted by Gasteiger charge is -2.20. The summed E-state index contributed by atoms with van der Waals surface area (Å²) in [6.45, 7) is 1.68. The van der Waals surface area contributed by atoms with Gasteiger partial charge in [-0.2, -0.15) is 20.0 Å². The second-order valence-electron chi connectivity index (χ2n) is 6.61. The molecule has 3 aromatic rings. The first-order valence-electron chi connectivity index (χ1n) is 9.27. The minimum Gasteiger partial charge on any atom is -0.211 e. The minimum atomic E-state index is -0.375. The molecule has 8 nitrogen and oxygen atoms in total. The predicted octanol–water partition coefficient (Wildman–Crippen LogP) is 5.04. The summed E-state index contributed by atoms with van der Waals surface area (Å²) < 4.78 is 0. The molecule has 0 bridgehead atoms. The second-order valence-corrected chi connectivity index (χ2v) is 6.61. The Hall–Kier alpha value is -4.82. The van der Waals surface area contributed by atoms with Crippen molar-refractivity contribution in [2.45, 2.75) is 12.8 Å². The number of rotatable bonds is 7. The molecule has 0 saturated heterocycles. The van der Waals surface area contributed by atoms with Crippen molar-refractivity contribution < 1.29 is 19.2 Å². The van der Waals surface area contributed by atoms with Crippen LogP contribution in [0.1, 0.15) is 28.2 Å². The van der Waals surface area contributed by atoms with Gasteiger partial charge in [-0.15, -0.1) is 0 Å². The number of carbonyl (C=O) groups excluding carboxylic acids is 4. The van der Waals surface area contributed by atoms with Crippen LogP contribution in [0.2, 0.25) is 0 Å². The fourth-order valence-electron chi connectivity index (χ4n) is 3.37. The first kappa shape index (κ1) is 21.9. The zero-order valence-electron chi connectivity index (χ0n) is 16.8. The molecule has 0 heterocycles. The molecule has 0 aromatic heterocycles. The van der Waals surface area contributed by atoms with Crippen LogP contribution in [-0.4, -0.2) is 24.3 Å². The van der Waals surface area contributed by atoms with Gasteiger partial charge in [0.15, 0.2) is 0 Å². The lowest BCUT2D eigenvalue weighted by molar-refractivity contribution is 0.564. The molecule has 3 aromatic carbocycles. The van der Waals surface area contributed by atoms with Gasteiger partial charge in [-0.3, -0.25) is 0 Å². The van der Waals surface area contributed by atoms with Gasteiger partial charge < -0.3 is 0 Å². The van der Waals surface area contributed by atoms with Crippen LogP contribution in [0, 0.1) is 6.92 Å². The average molecular weight is 422 g/mol. The Labute approximate surface area is 182 Å². The molecular weight excluding hydrogens is 408 g/mol. The Morgan fingerprint density at radius 2 is 0.938 bits per heavy atom. The number of isocyanates is 4. The molecule has 0 amide bonds. The molecule has 3 rings (SSSR count). The second kappa shape index (κ2) is 10.3.